The molecule has 1 aromatic carbocycles. The lowest BCUT2D eigenvalue weighted by molar-refractivity contribution is -0.124. The predicted octanol–water partition coefficient (Wildman–Crippen LogP) is 1.11. The van der Waals surface area contributed by atoms with Crippen molar-refractivity contribution in [3.63, 3.8) is 0 Å². The molecule has 20 heavy (non-hydrogen) atoms. The number of aryl methyl sites for hydroxylation is 1. The summed E-state index contributed by atoms with van der Waals surface area (Å²) in [4.78, 5) is 25.6. The molecular formula is C13H14N2O4S. The van der Waals surface area contributed by atoms with Crippen LogP contribution < -0.4 is 0 Å². The van der Waals surface area contributed by atoms with E-state index < -0.39 is 28.0 Å². The van der Waals surface area contributed by atoms with Gasteiger partial charge in [0, 0.05) is 6.54 Å². The van der Waals surface area contributed by atoms with E-state index in [1.807, 2.05) is 6.92 Å². The summed E-state index contributed by atoms with van der Waals surface area (Å²) >= 11 is 0. The zero-order valence-electron chi connectivity index (χ0n) is 10.9. The topological polar surface area (TPSA) is 74.8 Å². The summed E-state index contributed by atoms with van der Waals surface area (Å²) < 4.78 is 25.3. The number of hydrogen-bond acceptors (Lipinski definition) is 4. The van der Waals surface area contributed by atoms with Gasteiger partial charge in [-0.2, -0.15) is 0 Å². The third-order valence-corrected chi connectivity index (χ3v) is 5.40. The Morgan fingerprint density at radius 1 is 1.15 bits per heavy atom. The van der Waals surface area contributed by atoms with E-state index in [4.69, 9.17) is 0 Å². The van der Waals surface area contributed by atoms with Gasteiger partial charge in [0.25, 0.3) is 15.9 Å². The van der Waals surface area contributed by atoms with E-state index in [2.05, 4.69) is 0 Å². The van der Waals surface area contributed by atoms with Crippen LogP contribution in [0.4, 0.5) is 4.79 Å². The average Bonchev–Trinajstić information content (AvgIpc) is 2.95. The van der Waals surface area contributed by atoms with Crippen LogP contribution >= 0.6 is 0 Å². The third kappa shape index (κ3) is 1.73. The molecule has 2 aliphatic heterocycles. The van der Waals surface area contributed by atoms with Crippen LogP contribution in [0.2, 0.25) is 0 Å². The molecule has 0 bridgehead atoms. The van der Waals surface area contributed by atoms with Crippen LogP contribution in [0.25, 0.3) is 0 Å². The van der Waals surface area contributed by atoms with Gasteiger partial charge in [-0.1, -0.05) is 17.7 Å². The fraction of sp³-hybridized carbons (Fsp3) is 0.385. The van der Waals surface area contributed by atoms with Crippen molar-refractivity contribution in [1.29, 1.82) is 0 Å². The quantitative estimate of drug-likeness (QED) is 0.766. The Labute approximate surface area is 117 Å². The van der Waals surface area contributed by atoms with Gasteiger partial charge >= 0.3 is 6.03 Å². The Kier molecular flexibility index (Phi) is 2.82. The number of rotatable bonds is 2. The summed E-state index contributed by atoms with van der Waals surface area (Å²) in [6.45, 7) is 2.27. The van der Waals surface area contributed by atoms with Crippen molar-refractivity contribution in [2.24, 2.45) is 0 Å². The van der Waals surface area contributed by atoms with Crippen LogP contribution in [0, 0.1) is 6.92 Å². The smallest absolute Gasteiger partial charge is 0.311 e. The number of amides is 3. The molecule has 1 aromatic rings. The fourth-order valence-corrected chi connectivity index (χ4v) is 4.00. The Bertz CT molecular complexity index is 659. The van der Waals surface area contributed by atoms with Gasteiger partial charge in [0.1, 0.15) is 6.04 Å². The van der Waals surface area contributed by atoms with E-state index in [1.54, 1.807) is 12.1 Å². The van der Waals surface area contributed by atoms with Crippen molar-refractivity contribution in [3.05, 3.63) is 29.8 Å². The van der Waals surface area contributed by atoms with E-state index in [-0.39, 0.29) is 4.90 Å². The monoisotopic (exact) mass is 294 g/mol. The van der Waals surface area contributed by atoms with Gasteiger partial charge in [0.15, 0.2) is 0 Å². The number of benzene rings is 1. The molecule has 106 valence electrons. The highest BCUT2D eigenvalue weighted by Crippen LogP contribution is 2.31. The Morgan fingerprint density at radius 2 is 1.80 bits per heavy atom. The number of carbonyl (C=O) groups excluding carboxylic acids is 2. The number of imide groups is 1. The molecule has 2 fully saturated rings. The molecule has 3 rings (SSSR count). The molecule has 2 saturated heterocycles. The van der Waals surface area contributed by atoms with Gasteiger partial charge in [0.05, 0.1) is 4.90 Å². The number of fused-ring (bicyclic) bond motifs is 1. The van der Waals surface area contributed by atoms with E-state index >= 15 is 0 Å². The summed E-state index contributed by atoms with van der Waals surface area (Å²) in [5.41, 5.74) is 0.906. The van der Waals surface area contributed by atoms with Gasteiger partial charge in [-0.25, -0.2) is 13.2 Å². The van der Waals surface area contributed by atoms with Gasteiger partial charge < -0.3 is 4.90 Å². The minimum Gasteiger partial charge on any atom is -0.311 e. The van der Waals surface area contributed by atoms with Gasteiger partial charge in [-0.15, -0.1) is 4.31 Å². The summed E-state index contributed by atoms with van der Waals surface area (Å²) in [5.74, 6) is -0.631. The molecule has 0 saturated carbocycles. The van der Waals surface area contributed by atoms with E-state index in [0.29, 0.717) is 17.3 Å². The first kappa shape index (κ1) is 13.1. The normalized spacial score (nSPS) is 22.6. The van der Waals surface area contributed by atoms with Crippen molar-refractivity contribution < 1.29 is 18.0 Å². The highest BCUT2D eigenvalue weighted by Gasteiger charge is 2.52. The Balaban J connectivity index is 2.02. The third-order valence-electron chi connectivity index (χ3n) is 3.72. The van der Waals surface area contributed by atoms with Crippen LogP contribution in [0.15, 0.2) is 29.2 Å². The van der Waals surface area contributed by atoms with Crippen LogP contribution in [0.3, 0.4) is 0 Å². The minimum absolute atomic E-state index is 0.0361. The number of sulfonamides is 1. The molecule has 7 heteroatoms. The molecule has 1 atom stereocenters. The molecule has 0 unspecified atom stereocenters. The van der Waals surface area contributed by atoms with E-state index in [1.165, 1.54) is 17.0 Å². The number of carbonyl (C=O) groups is 2. The molecule has 0 aromatic heterocycles. The first-order valence-corrected chi connectivity index (χ1v) is 7.83. The SMILES string of the molecule is Cc1ccc(S(=O)(=O)N2C(=O)[C@@H]3CCCN3C2=O)cc1. The van der Waals surface area contributed by atoms with Crippen molar-refractivity contribution >= 4 is 22.0 Å². The number of nitrogens with zero attached hydrogens (tertiary/aromatic N) is 2. The number of urea groups is 1. The molecule has 0 radical (unpaired) electrons. The second-order valence-electron chi connectivity index (χ2n) is 5.05. The van der Waals surface area contributed by atoms with Crippen LogP contribution in [0.5, 0.6) is 0 Å². The summed E-state index contributed by atoms with van der Waals surface area (Å²) in [7, 11) is -4.10. The Morgan fingerprint density at radius 3 is 2.40 bits per heavy atom. The maximum atomic E-state index is 12.5. The summed E-state index contributed by atoms with van der Waals surface area (Å²) in [6, 6.07) is 4.77. The van der Waals surface area contributed by atoms with Crippen molar-refractivity contribution in [2.45, 2.75) is 30.7 Å². The first-order valence-electron chi connectivity index (χ1n) is 6.39. The van der Waals surface area contributed by atoms with Crippen LogP contribution in [-0.2, 0) is 14.8 Å². The maximum absolute atomic E-state index is 12.5. The highest BCUT2D eigenvalue weighted by molar-refractivity contribution is 7.90. The molecular weight excluding hydrogens is 280 g/mol. The lowest BCUT2D eigenvalue weighted by atomic mass is 10.2. The zero-order valence-corrected chi connectivity index (χ0v) is 11.8. The molecule has 6 nitrogen and oxygen atoms in total. The summed E-state index contributed by atoms with van der Waals surface area (Å²) in [5, 5.41) is 0. The minimum atomic E-state index is -4.10. The Hall–Kier alpha value is -1.89. The van der Waals surface area contributed by atoms with Crippen molar-refractivity contribution in [3.8, 4) is 0 Å². The van der Waals surface area contributed by atoms with Crippen molar-refractivity contribution in [2.75, 3.05) is 6.54 Å². The maximum Gasteiger partial charge on any atom is 0.341 e. The summed E-state index contributed by atoms with van der Waals surface area (Å²) in [6.07, 6.45) is 1.27. The molecule has 3 amide bonds. The average molecular weight is 294 g/mol. The second kappa shape index (κ2) is 4.31. The molecule has 0 aliphatic carbocycles. The molecule has 2 aliphatic rings. The molecule has 2 heterocycles. The fourth-order valence-electron chi connectivity index (χ4n) is 2.64. The van der Waals surface area contributed by atoms with Crippen LogP contribution in [-0.4, -0.2) is 42.1 Å². The standard InChI is InChI=1S/C13H14N2O4S/c1-9-4-6-10(7-5-9)20(18,19)15-12(16)11-3-2-8-14(11)13(15)17/h4-7,11H,2-3,8H2,1H3/t11-/m0/s1. The number of hydrogen-bond donors (Lipinski definition) is 0. The van der Waals surface area contributed by atoms with Gasteiger partial charge in [-0.05, 0) is 31.9 Å². The molecule has 0 N–H and O–H groups in total. The lowest BCUT2D eigenvalue weighted by Crippen LogP contribution is -2.38. The van der Waals surface area contributed by atoms with Gasteiger partial charge in [-0.3, -0.25) is 4.79 Å². The van der Waals surface area contributed by atoms with E-state index in [0.717, 1.165) is 12.0 Å². The molecule has 0 spiro atoms. The van der Waals surface area contributed by atoms with Crippen LogP contribution in [0.1, 0.15) is 18.4 Å². The van der Waals surface area contributed by atoms with Crippen molar-refractivity contribution in [1.82, 2.24) is 9.21 Å². The highest BCUT2D eigenvalue weighted by atomic mass is 32.2. The largest absolute Gasteiger partial charge is 0.341 e. The van der Waals surface area contributed by atoms with Gasteiger partial charge in [0.2, 0.25) is 0 Å². The second-order valence-corrected chi connectivity index (χ2v) is 6.84. The first-order chi connectivity index (χ1) is 9.43. The zero-order chi connectivity index (χ0) is 14.5. The lowest BCUT2D eigenvalue weighted by Gasteiger charge is -2.15. The predicted molar refractivity (Wildman–Crippen MR) is 70.3 cm³/mol. The van der Waals surface area contributed by atoms with E-state index in [9.17, 15) is 18.0 Å².